The highest BCUT2D eigenvalue weighted by Crippen LogP contribution is 2.18. The van der Waals surface area contributed by atoms with Crippen molar-refractivity contribution in [2.75, 3.05) is 38.3 Å². The summed E-state index contributed by atoms with van der Waals surface area (Å²) in [5.41, 5.74) is 2.67. The Bertz CT molecular complexity index is 341. The van der Waals surface area contributed by atoms with Gasteiger partial charge in [0.1, 0.15) is 0 Å². The Morgan fingerprint density at radius 3 is 2.67 bits per heavy atom. The molecule has 0 saturated heterocycles. The number of benzene rings is 1. The predicted octanol–water partition coefficient (Wildman–Crippen LogP) is 2.45. The van der Waals surface area contributed by atoms with Crippen molar-refractivity contribution < 1.29 is 4.74 Å². The molecular formula is C15H26N2O. The fourth-order valence-electron chi connectivity index (χ4n) is 2.12. The van der Waals surface area contributed by atoms with Gasteiger partial charge in [-0.1, -0.05) is 18.2 Å². The van der Waals surface area contributed by atoms with E-state index in [1.165, 1.54) is 11.3 Å². The summed E-state index contributed by atoms with van der Waals surface area (Å²) in [6.07, 6.45) is 0. The number of ether oxygens (including phenoxy) is 1. The largest absolute Gasteiger partial charge is 0.383 e. The fourth-order valence-corrected chi connectivity index (χ4v) is 2.12. The quantitative estimate of drug-likeness (QED) is 0.767. The zero-order chi connectivity index (χ0) is 13.4. The minimum Gasteiger partial charge on any atom is -0.383 e. The Kier molecular flexibility index (Phi) is 6.76. The fraction of sp³-hybridized carbons (Fsp3) is 0.600. The molecule has 1 aromatic carbocycles. The minimum absolute atomic E-state index is 0.408. The number of anilines is 1. The Balaban J connectivity index is 2.46. The van der Waals surface area contributed by atoms with Gasteiger partial charge < -0.3 is 15.0 Å². The molecule has 1 N–H and O–H groups in total. The third kappa shape index (κ3) is 4.67. The summed E-state index contributed by atoms with van der Waals surface area (Å²) in [6.45, 7) is 10.3. The van der Waals surface area contributed by atoms with Gasteiger partial charge >= 0.3 is 0 Å². The van der Waals surface area contributed by atoms with Crippen molar-refractivity contribution in [3.05, 3.63) is 29.8 Å². The van der Waals surface area contributed by atoms with Crippen molar-refractivity contribution in [2.45, 2.75) is 26.8 Å². The molecule has 102 valence electrons. The molecule has 0 bridgehead atoms. The van der Waals surface area contributed by atoms with Crippen LogP contribution >= 0.6 is 0 Å². The van der Waals surface area contributed by atoms with Crippen LogP contribution in [0.5, 0.6) is 0 Å². The molecule has 0 aliphatic rings. The van der Waals surface area contributed by atoms with Crippen LogP contribution in [0.4, 0.5) is 5.69 Å². The zero-order valence-electron chi connectivity index (χ0n) is 12.1. The van der Waals surface area contributed by atoms with Gasteiger partial charge in [-0.25, -0.2) is 0 Å². The Morgan fingerprint density at radius 2 is 2.06 bits per heavy atom. The number of para-hydroxylation sites is 1. The molecule has 1 aromatic rings. The summed E-state index contributed by atoms with van der Waals surface area (Å²) in [4.78, 5) is 2.40. The maximum Gasteiger partial charge on any atom is 0.0613 e. The topological polar surface area (TPSA) is 24.5 Å². The van der Waals surface area contributed by atoms with Crippen LogP contribution in [-0.4, -0.2) is 39.4 Å². The van der Waals surface area contributed by atoms with E-state index in [-0.39, 0.29) is 0 Å². The maximum absolute atomic E-state index is 5.12. The first kappa shape index (κ1) is 15.0. The van der Waals surface area contributed by atoms with Crippen LogP contribution in [0.1, 0.15) is 19.4 Å². The van der Waals surface area contributed by atoms with Crippen molar-refractivity contribution in [3.63, 3.8) is 0 Å². The molecule has 0 aliphatic heterocycles. The van der Waals surface area contributed by atoms with Crippen molar-refractivity contribution in [1.29, 1.82) is 0 Å². The van der Waals surface area contributed by atoms with Gasteiger partial charge in [-0.15, -0.1) is 0 Å². The van der Waals surface area contributed by atoms with Crippen molar-refractivity contribution in [1.82, 2.24) is 5.32 Å². The molecule has 0 aliphatic carbocycles. The van der Waals surface area contributed by atoms with Gasteiger partial charge in [-0.3, -0.25) is 0 Å². The lowest BCUT2D eigenvalue weighted by atomic mass is 10.2. The van der Waals surface area contributed by atoms with Gasteiger partial charge in [-0.05, 0) is 32.4 Å². The summed E-state index contributed by atoms with van der Waals surface area (Å²) < 4.78 is 5.12. The van der Waals surface area contributed by atoms with Crippen LogP contribution in [0.15, 0.2) is 24.3 Å². The Morgan fingerprint density at radius 1 is 1.33 bits per heavy atom. The van der Waals surface area contributed by atoms with Gasteiger partial charge in [0, 0.05) is 38.5 Å². The molecule has 1 rings (SSSR count). The first-order valence-corrected chi connectivity index (χ1v) is 6.72. The highest BCUT2D eigenvalue weighted by molar-refractivity contribution is 5.52. The van der Waals surface area contributed by atoms with Crippen LogP contribution in [-0.2, 0) is 4.74 Å². The molecular weight excluding hydrogens is 224 g/mol. The number of nitrogens with zero attached hydrogens (tertiary/aromatic N) is 1. The van der Waals surface area contributed by atoms with Crippen LogP contribution in [0.3, 0.4) is 0 Å². The summed E-state index contributed by atoms with van der Waals surface area (Å²) in [5.74, 6) is 0. The number of nitrogens with one attached hydrogen (secondary N) is 1. The molecule has 1 unspecified atom stereocenters. The SMILES string of the molecule is CCN(CCNC(C)COC)c1ccccc1C. The lowest BCUT2D eigenvalue weighted by molar-refractivity contribution is 0.172. The van der Waals surface area contributed by atoms with Crippen LogP contribution < -0.4 is 10.2 Å². The highest BCUT2D eigenvalue weighted by atomic mass is 16.5. The second kappa shape index (κ2) is 8.11. The first-order chi connectivity index (χ1) is 8.69. The summed E-state index contributed by atoms with van der Waals surface area (Å²) in [7, 11) is 1.74. The highest BCUT2D eigenvalue weighted by Gasteiger charge is 2.07. The normalized spacial score (nSPS) is 12.4. The average molecular weight is 250 g/mol. The maximum atomic E-state index is 5.12. The molecule has 18 heavy (non-hydrogen) atoms. The number of aryl methyl sites for hydroxylation is 1. The van der Waals surface area contributed by atoms with Gasteiger partial charge in [-0.2, -0.15) is 0 Å². The van der Waals surface area contributed by atoms with Crippen LogP contribution in [0, 0.1) is 6.92 Å². The van der Waals surface area contributed by atoms with Gasteiger partial charge in [0.2, 0.25) is 0 Å². The summed E-state index contributed by atoms with van der Waals surface area (Å²) in [5, 5.41) is 3.47. The van der Waals surface area contributed by atoms with E-state index in [0.717, 1.165) is 26.2 Å². The van der Waals surface area contributed by atoms with Gasteiger partial charge in [0.25, 0.3) is 0 Å². The number of likely N-dealkylation sites (N-methyl/N-ethyl adjacent to an activating group) is 1. The molecule has 3 heteroatoms. The number of hydrogen-bond acceptors (Lipinski definition) is 3. The average Bonchev–Trinajstić information content (AvgIpc) is 2.36. The molecule has 0 spiro atoms. The molecule has 1 atom stereocenters. The molecule has 0 amide bonds. The summed E-state index contributed by atoms with van der Waals surface area (Å²) >= 11 is 0. The number of methoxy groups -OCH3 is 1. The predicted molar refractivity (Wildman–Crippen MR) is 78.4 cm³/mol. The second-order valence-electron chi connectivity index (χ2n) is 4.68. The standard InChI is InChI=1S/C15H26N2O/c1-5-17(11-10-16-14(3)12-18-4)15-9-7-6-8-13(15)2/h6-9,14,16H,5,10-12H2,1-4H3. The van der Waals surface area contributed by atoms with E-state index in [0.29, 0.717) is 6.04 Å². The van der Waals surface area contributed by atoms with Crippen LogP contribution in [0.2, 0.25) is 0 Å². The smallest absolute Gasteiger partial charge is 0.0613 e. The minimum atomic E-state index is 0.408. The van der Waals surface area contributed by atoms with E-state index in [1.54, 1.807) is 7.11 Å². The van der Waals surface area contributed by atoms with Gasteiger partial charge in [0.05, 0.1) is 6.61 Å². The Labute approximate surface area is 111 Å². The second-order valence-corrected chi connectivity index (χ2v) is 4.68. The Hall–Kier alpha value is -1.06. The monoisotopic (exact) mass is 250 g/mol. The molecule has 0 saturated carbocycles. The van der Waals surface area contributed by atoms with Crippen molar-refractivity contribution >= 4 is 5.69 Å². The van der Waals surface area contributed by atoms with Crippen LogP contribution in [0.25, 0.3) is 0 Å². The number of hydrogen-bond donors (Lipinski definition) is 1. The molecule has 0 heterocycles. The lowest BCUT2D eigenvalue weighted by Gasteiger charge is -2.26. The van der Waals surface area contributed by atoms with E-state index >= 15 is 0 Å². The molecule has 3 nitrogen and oxygen atoms in total. The lowest BCUT2D eigenvalue weighted by Crippen LogP contribution is -2.38. The van der Waals surface area contributed by atoms with E-state index in [1.807, 2.05) is 0 Å². The molecule has 0 fully saturated rings. The van der Waals surface area contributed by atoms with E-state index in [2.05, 4.69) is 55.3 Å². The van der Waals surface area contributed by atoms with E-state index in [4.69, 9.17) is 4.74 Å². The van der Waals surface area contributed by atoms with E-state index < -0.39 is 0 Å². The number of rotatable bonds is 8. The third-order valence-electron chi connectivity index (χ3n) is 3.13. The summed E-state index contributed by atoms with van der Waals surface area (Å²) in [6, 6.07) is 8.96. The third-order valence-corrected chi connectivity index (χ3v) is 3.13. The first-order valence-electron chi connectivity index (χ1n) is 6.72. The van der Waals surface area contributed by atoms with E-state index in [9.17, 15) is 0 Å². The molecule has 0 aromatic heterocycles. The van der Waals surface area contributed by atoms with Crippen molar-refractivity contribution in [3.8, 4) is 0 Å². The van der Waals surface area contributed by atoms with Gasteiger partial charge in [0.15, 0.2) is 0 Å². The van der Waals surface area contributed by atoms with Crippen molar-refractivity contribution in [2.24, 2.45) is 0 Å². The molecule has 0 radical (unpaired) electrons. The zero-order valence-corrected chi connectivity index (χ0v) is 12.1.